The van der Waals surface area contributed by atoms with E-state index in [1.807, 2.05) is 0 Å². The Labute approximate surface area is 160 Å². The summed E-state index contributed by atoms with van der Waals surface area (Å²) in [6, 6.07) is 8.41. The first kappa shape index (κ1) is 19.1. The number of hydrogen-bond acceptors (Lipinski definition) is 6. The van der Waals surface area contributed by atoms with Crippen LogP contribution in [0.1, 0.15) is 0 Å². The number of hydrogen-bond donors (Lipinski definition) is 1. The molecule has 0 fully saturated rings. The number of carboxylic acid groups (broad SMARTS) is 1. The number of sulfonamides is 1. The average Bonchev–Trinajstić information content (AvgIpc) is 2.65. The van der Waals surface area contributed by atoms with E-state index in [4.69, 9.17) is 25.8 Å². The fourth-order valence-electron chi connectivity index (χ4n) is 2.59. The molecule has 2 aromatic carbocycles. The van der Waals surface area contributed by atoms with Crippen LogP contribution >= 0.6 is 11.6 Å². The molecular formula is C17H16ClNO7S. The summed E-state index contributed by atoms with van der Waals surface area (Å²) in [6.45, 7) is -0.158. The standard InChI is InChI=1S/C17H16ClNO7S/c1-24-14-4-2-11(18)8-13(14)19(10-17(20)21)27(22,23)12-3-5-15-16(9-12)26-7-6-25-15/h2-5,8-9H,6-7,10H2,1H3,(H,20,21). The van der Waals surface area contributed by atoms with Gasteiger partial charge in [-0.25, -0.2) is 8.42 Å². The number of rotatable bonds is 6. The van der Waals surface area contributed by atoms with Crippen LogP contribution in [0, 0.1) is 0 Å². The molecule has 1 heterocycles. The second kappa shape index (κ2) is 7.53. The molecule has 8 nitrogen and oxygen atoms in total. The monoisotopic (exact) mass is 413 g/mol. The number of fused-ring (bicyclic) bond motifs is 1. The molecule has 1 aliphatic heterocycles. The van der Waals surface area contributed by atoms with Gasteiger partial charge in [0.2, 0.25) is 0 Å². The maximum atomic E-state index is 13.2. The van der Waals surface area contributed by atoms with E-state index in [1.54, 1.807) is 0 Å². The maximum absolute atomic E-state index is 13.2. The SMILES string of the molecule is COc1ccc(Cl)cc1N(CC(=O)O)S(=O)(=O)c1ccc2c(c1)OCCO2. The zero-order valence-electron chi connectivity index (χ0n) is 14.2. The average molecular weight is 414 g/mol. The number of carboxylic acids is 1. The molecule has 0 saturated carbocycles. The first-order chi connectivity index (χ1) is 12.8. The van der Waals surface area contributed by atoms with Crippen LogP contribution in [-0.4, -0.2) is 46.4 Å². The predicted molar refractivity (Wildman–Crippen MR) is 97.6 cm³/mol. The van der Waals surface area contributed by atoms with Crippen molar-refractivity contribution < 1.29 is 32.5 Å². The summed E-state index contributed by atoms with van der Waals surface area (Å²) in [7, 11) is -2.90. The van der Waals surface area contributed by atoms with Crippen molar-refractivity contribution in [1.82, 2.24) is 0 Å². The molecular weight excluding hydrogens is 398 g/mol. The van der Waals surface area contributed by atoms with Crippen LogP contribution < -0.4 is 18.5 Å². The van der Waals surface area contributed by atoms with Gasteiger partial charge in [-0.05, 0) is 30.3 Å². The molecule has 0 saturated heterocycles. The number of ether oxygens (including phenoxy) is 3. The van der Waals surface area contributed by atoms with Gasteiger partial charge in [-0.2, -0.15) is 0 Å². The molecule has 0 aromatic heterocycles. The Morgan fingerprint density at radius 2 is 1.89 bits per heavy atom. The first-order valence-electron chi connectivity index (χ1n) is 7.80. The highest BCUT2D eigenvalue weighted by atomic mass is 35.5. The summed E-state index contributed by atoms with van der Waals surface area (Å²) in [6.07, 6.45) is 0. The summed E-state index contributed by atoms with van der Waals surface area (Å²) >= 11 is 5.98. The van der Waals surface area contributed by atoms with Gasteiger partial charge in [0.15, 0.2) is 11.5 Å². The molecule has 3 rings (SSSR count). The lowest BCUT2D eigenvalue weighted by atomic mass is 10.3. The third kappa shape index (κ3) is 3.88. The van der Waals surface area contributed by atoms with Gasteiger partial charge in [0.05, 0.1) is 17.7 Å². The van der Waals surface area contributed by atoms with Gasteiger partial charge < -0.3 is 19.3 Å². The van der Waals surface area contributed by atoms with Crippen LogP contribution in [0.3, 0.4) is 0 Å². The number of methoxy groups -OCH3 is 1. The van der Waals surface area contributed by atoms with Crippen LogP contribution in [0.25, 0.3) is 0 Å². The van der Waals surface area contributed by atoms with Crippen LogP contribution in [0.15, 0.2) is 41.3 Å². The van der Waals surface area contributed by atoms with Crippen molar-refractivity contribution in [2.75, 3.05) is 31.2 Å². The summed E-state index contributed by atoms with van der Waals surface area (Å²) in [5, 5.41) is 9.49. The second-order valence-electron chi connectivity index (χ2n) is 5.53. The van der Waals surface area contributed by atoms with E-state index in [0.29, 0.717) is 12.4 Å². The van der Waals surface area contributed by atoms with E-state index in [-0.39, 0.29) is 33.7 Å². The molecule has 0 amide bonds. The van der Waals surface area contributed by atoms with Gasteiger partial charge in [0.25, 0.3) is 10.0 Å². The van der Waals surface area contributed by atoms with E-state index >= 15 is 0 Å². The fourth-order valence-corrected chi connectivity index (χ4v) is 4.19. The molecule has 10 heteroatoms. The maximum Gasteiger partial charge on any atom is 0.324 e. The van der Waals surface area contributed by atoms with E-state index in [9.17, 15) is 18.3 Å². The van der Waals surface area contributed by atoms with Gasteiger partial charge in [-0.3, -0.25) is 9.10 Å². The predicted octanol–water partition coefficient (Wildman–Crippen LogP) is 2.40. The quantitative estimate of drug-likeness (QED) is 0.775. The van der Waals surface area contributed by atoms with Crippen molar-refractivity contribution in [2.45, 2.75) is 4.90 Å². The molecule has 2 aromatic rings. The summed E-state index contributed by atoms with van der Waals surface area (Å²) in [5.74, 6) is -0.471. The molecule has 0 spiro atoms. The summed E-state index contributed by atoms with van der Waals surface area (Å²) in [4.78, 5) is 11.2. The second-order valence-corrected chi connectivity index (χ2v) is 7.83. The first-order valence-corrected chi connectivity index (χ1v) is 9.62. The van der Waals surface area contributed by atoms with Crippen molar-refractivity contribution >= 4 is 33.3 Å². The van der Waals surface area contributed by atoms with E-state index < -0.39 is 22.5 Å². The zero-order chi connectivity index (χ0) is 19.6. The Morgan fingerprint density at radius 1 is 1.19 bits per heavy atom. The minimum atomic E-state index is -4.25. The third-order valence-electron chi connectivity index (χ3n) is 3.79. The lowest BCUT2D eigenvalue weighted by Gasteiger charge is -2.25. The lowest BCUT2D eigenvalue weighted by Crippen LogP contribution is -2.36. The van der Waals surface area contributed by atoms with Crippen LogP contribution in [-0.2, 0) is 14.8 Å². The third-order valence-corrected chi connectivity index (χ3v) is 5.78. The van der Waals surface area contributed by atoms with Gasteiger partial charge >= 0.3 is 5.97 Å². The fraction of sp³-hybridized carbons (Fsp3) is 0.235. The van der Waals surface area contributed by atoms with Crippen molar-refractivity contribution in [3.8, 4) is 17.2 Å². The Bertz CT molecular complexity index is 977. The normalized spacial score (nSPS) is 13.1. The molecule has 0 atom stereocenters. The molecule has 0 radical (unpaired) electrons. The Balaban J connectivity index is 2.12. The highest BCUT2D eigenvalue weighted by Crippen LogP contribution is 2.37. The molecule has 0 unspecified atom stereocenters. The number of carbonyl (C=O) groups is 1. The number of nitrogens with zero attached hydrogens (tertiary/aromatic N) is 1. The lowest BCUT2D eigenvalue weighted by molar-refractivity contribution is -0.135. The smallest absolute Gasteiger partial charge is 0.324 e. The topological polar surface area (TPSA) is 102 Å². The number of aliphatic carboxylic acids is 1. The van der Waals surface area contributed by atoms with Crippen LogP contribution in [0.5, 0.6) is 17.2 Å². The Hall–Kier alpha value is -2.65. The molecule has 0 bridgehead atoms. The zero-order valence-corrected chi connectivity index (χ0v) is 15.8. The van der Waals surface area contributed by atoms with Gasteiger partial charge in [0.1, 0.15) is 25.5 Å². The highest BCUT2D eigenvalue weighted by Gasteiger charge is 2.31. The summed E-state index contributed by atoms with van der Waals surface area (Å²) < 4.78 is 43.1. The van der Waals surface area contributed by atoms with Crippen molar-refractivity contribution in [1.29, 1.82) is 0 Å². The van der Waals surface area contributed by atoms with Crippen molar-refractivity contribution in [3.63, 3.8) is 0 Å². The molecule has 0 aliphatic carbocycles. The van der Waals surface area contributed by atoms with Crippen LogP contribution in [0.4, 0.5) is 5.69 Å². The highest BCUT2D eigenvalue weighted by molar-refractivity contribution is 7.92. The van der Waals surface area contributed by atoms with Gasteiger partial charge in [-0.15, -0.1) is 0 Å². The van der Waals surface area contributed by atoms with E-state index in [2.05, 4.69) is 0 Å². The minimum Gasteiger partial charge on any atom is -0.495 e. The van der Waals surface area contributed by atoms with Gasteiger partial charge in [-0.1, -0.05) is 11.6 Å². The van der Waals surface area contributed by atoms with Gasteiger partial charge in [0, 0.05) is 11.1 Å². The largest absolute Gasteiger partial charge is 0.495 e. The minimum absolute atomic E-state index is 0.0160. The number of halogens is 1. The van der Waals surface area contributed by atoms with E-state index in [1.165, 1.54) is 43.5 Å². The van der Waals surface area contributed by atoms with Crippen molar-refractivity contribution in [2.24, 2.45) is 0 Å². The molecule has 27 heavy (non-hydrogen) atoms. The number of anilines is 1. The molecule has 1 N–H and O–H groups in total. The van der Waals surface area contributed by atoms with E-state index in [0.717, 1.165) is 4.31 Å². The Kier molecular flexibility index (Phi) is 5.33. The van der Waals surface area contributed by atoms with Crippen molar-refractivity contribution in [3.05, 3.63) is 41.4 Å². The molecule has 144 valence electrons. The van der Waals surface area contributed by atoms with Crippen LogP contribution in [0.2, 0.25) is 5.02 Å². The molecule has 1 aliphatic rings. The number of benzene rings is 2. The Morgan fingerprint density at radius 3 is 2.56 bits per heavy atom. The summed E-state index contributed by atoms with van der Waals surface area (Å²) in [5.41, 5.74) is 0.0160.